The van der Waals surface area contributed by atoms with Gasteiger partial charge in [-0.3, -0.25) is 9.69 Å². The minimum atomic E-state index is -0.548. The predicted octanol–water partition coefficient (Wildman–Crippen LogP) is 5.14. The number of methoxy groups -OCH3 is 3. The molecular formula is C25H25NO6S2. The first-order valence-electron chi connectivity index (χ1n) is 11.1. The molecule has 2 aromatic rings. The molecule has 1 amide bonds. The minimum absolute atomic E-state index is 0.0374. The van der Waals surface area contributed by atoms with E-state index < -0.39 is 5.97 Å². The summed E-state index contributed by atoms with van der Waals surface area (Å²) < 4.78 is 22.3. The number of rotatable bonds is 6. The molecule has 2 heterocycles. The maximum atomic E-state index is 13.2. The average Bonchev–Trinajstić information content (AvgIpc) is 3.63. The zero-order valence-electron chi connectivity index (χ0n) is 19.2. The third-order valence-corrected chi connectivity index (χ3v) is 8.26. The number of benzene rings is 1. The molecular weight excluding hydrogens is 474 g/mol. The standard InChI is InChI=1S/C25H25NO6S2/c1-29-20-11-15(10-17(22(20)30-2)24(28)31-3)19-7-6-16(32-19)12-21-23(27)26(25(33)34-21)18-9-13-4-5-14(18)8-13/h6-7,10-14,18H,4-5,8-9H2,1-3H3. The van der Waals surface area contributed by atoms with Gasteiger partial charge in [-0.15, -0.1) is 0 Å². The average molecular weight is 500 g/mol. The molecule has 5 rings (SSSR count). The molecule has 7 nitrogen and oxygen atoms in total. The second-order valence-electron chi connectivity index (χ2n) is 8.75. The van der Waals surface area contributed by atoms with Crippen molar-refractivity contribution in [2.75, 3.05) is 21.3 Å². The van der Waals surface area contributed by atoms with E-state index in [1.54, 1.807) is 30.3 Å². The van der Waals surface area contributed by atoms with Crippen molar-refractivity contribution in [2.24, 2.45) is 11.8 Å². The second kappa shape index (κ2) is 9.11. The molecule has 0 radical (unpaired) electrons. The molecule has 1 aromatic carbocycles. The van der Waals surface area contributed by atoms with Crippen molar-refractivity contribution in [2.45, 2.75) is 31.7 Å². The van der Waals surface area contributed by atoms with E-state index in [0.717, 1.165) is 12.3 Å². The molecule has 0 spiro atoms. The second-order valence-corrected chi connectivity index (χ2v) is 10.4. The van der Waals surface area contributed by atoms with Crippen LogP contribution in [0.5, 0.6) is 11.5 Å². The van der Waals surface area contributed by atoms with Crippen LogP contribution in [0.4, 0.5) is 0 Å². The highest BCUT2D eigenvalue weighted by Gasteiger charge is 2.48. The summed E-state index contributed by atoms with van der Waals surface area (Å²) in [5.74, 6) is 2.42. The van der Waals surface area contributed by atoms with E-state index in [1.165, 1.54) is 52.4 Å². The first-order valence-corrected chi connectivity index (χ1v) is 12.4. The molecule has 2 saturated carbocycles. The van der Waals surface area contributed by atoms with Crippen LogP contribution in [0.15, 0.2) is 33.6 Å². The number of esters is 1. The number of thiocarbonyl (C=S) groups is 1. The minimum Gasteiger partial charge on any atom is -0.493 e. The van der Waals surface area contributed by atoms with Crippen molar-refractivity contribution in [1.82, 2.24) is 4.90 Å². The van der Waals surface area contributed by atoms with Gasteiger partial charge >= 0.3 is 5.97 Å². The molecule has 9 heteroatoms. The van der Waals surface area contributed by atoms with Gasteiger partial charge in [-0.1, -0.05) is 30.4 Å². The normalized spacial score (nSPS) is 24.9. The lowest BCUT2D eigenvalue weighted by Gasteiger charge is -2.30. The Morgan fingerprint density at radius 2 is 2.00 bits per heavy atom. The van der Waals surface area contributed by atoms with Gasteiger partial charge in [-0.05, 0) is 55.4 Å². The summed E-state index contributed by atoms with van der Waals surface area (Å²) in [7, 11) is 4.26. The predicted molar refractivity (Wildman–Crippen MR) is 133 cm³/mol. The fourth-order valence-corrected chi connectivity index (χ4v) is 6.73. The lowest BCUT2D eigenvalue weighted by atomic mass is 9.94. The number of hydrogen-bond acceptors (Lipinski definition) is 8. The third kappa shape index (κ3) is 3.90. The van der Waals surface area contributed by atoms with E-state index in [9.17, 15) is 9.59 Å². The summed E-state index contributed by atoms with van der Waals surface area (Å²) in [5.41, 5.74) is 0.844. The fourth-order valence-electron chi connectivity index (χ4n) is 5.38. The largest absolute Gasteiger partial charge is 0.493 e. The van der Waals surface area contributed by atoms with Gasteiger partial charge in [0.1, 0.15) is 21.4 Å². The Labute approximate surface area is 207 Å². The van der Waals surface area contributed by atoms with Crippen LogP contribution < -0.4 is 9.47 Å². The summed E-state index contributed by atoms with van der Waals surface area (Å²) in [6, 6.07) is 7.15. The summed E-state index contributed by atoms with van der Waals surface area (Å²) in [6.07, 6.45) is 6.46. The number of furan rings is 1. The van der Waals surface area contributed by atoms with Crippen LogP contribution in [0.3, 0.4) is 0 Å². The van der Waals surface area contributed by atoms with Gasteiger partial charge in [0.15, 0.2) is 11.5 Å². The SMILES string of the molecule is COC(=O)c1cc(-c2ccc(C=C3SC(=S)N(C4CC5CCC4C5)C3=O)o2)cc(OC)c1OC. The molecule has 2 aliphatic carbocycles. The molecule has 178 valence electrons. The molecule has 0 N–H and O–H groups in total. The van der Waals surface area contributed by atoms with Gasteiger partial charge in [0.25, 0.3) is 5.91 Å². The smallest absolute Gasteiger partial charge is 0.341 e. The summed E-state index contributed by atoms with van der Waals surface area (Å²) in [4.78, 5) is 27.9. The first-order chi connectivity index (χ1) is 16.4. The molecule has 1 aliphatic heterocycles. The lowest BCUT2D eigenvalue weighted by Crippen LogP contribution is -2.41. The topological polar surface area (TPSA) is 78.2 Å². The van der Waals surface area contributed by atoms with E-state index in [1.807, 2.05) is 4.90 Å². The van der Waals surface area contributed by atoms with Crippen LogP contribution >= 0.6 is 24.0 Å². The maximum absolute atomic E-state index is 13.2. The van der Waals surface area contributed by atoms with E-state index >= 15 is 0 Å². The highest BCUT2D eigenvalue weighted by Crippen LogP contribution is 2.49. The molecule has 34 heavy (non-hydrogen) atoms. The Morgan fingerprint density at radius 3 is 2.65 bits per heavy atom. The molecule has 3 atom stereocenters. The van der Waals surface area contributed by atoms with Crippen LogP contribution in [-0.4, -0.2) is 48.5 Å². The van der Waals surface area contributed by atoms with E-state index in [4.69, 9.17) is 30.8 Å². The molecule has 3 aliphatic rings. The van der Waals surface area contributed by atoms with Gasteiger partial charge in [0.05, 0.1) is 26.2 Å². The van der Waals surface area contributed by atoms with Crippen molar-refractivity contribution in [3.8, 4) is 22.8 Å². The highest BCUT2D eigenvalue weighted by molar-refractivity contribution is 8.26. The van der Waals surface area contributed by atoms with E-state index in [0.29, 0.717) is 38.0 Å². The fraction of sp³-hybridized carbons (Fsp3) is 0.400. The van der Waals surface area contributed by atoms with Crippen molar-refractivity contribution < 1.29 is 28.2 Å². The van der Waals surface area contributed by atoms with Gasteiger partial charge in [0, 0.05) is 17.7 Å². The Balaban J connectivity index is 1.42. The Hall–Kier alpha value is -2.78. The van der Waals surface area contributed by atoms with Crippen LogP contribution in [0.25, 0.3) is 17.4 Å². The monoisotopic (exact) mass is 499 g/mol. The Bertz CT molecular complexity index is 1200. The highest BCUT2D eigenvalue weighted by atomic mass is 32.2. The summed E-state index contributed by atoms with van der Waals surface area (Å²) in [5, 5.41) is 0. The van der Waals surface area contributed by atoms with Crippen LogP contribution in [0.2, 0.25) is 0 Å². The van der Waals surface area contributed by atoms with E-state index in [2.05, 4.69) is 0 Å². The number of ether oxygens (including phenoxy) is 3. The van der Waals surface area contributed by atoms with Crippen molar-refractivity contribution in [3.63, 3.8) is 0 Å². The molecule has 3 unspecified atom stereocenters. The lowest BCUT2D eigenvalue weighted by molar-refractivity contribution is -0.124. The van der Waals surface area contributed by atoms with Gasteiger partial charge < -0.3 is 18.6 Å². The first kappa shape index (κ1) is 23.0. The zero-order valence-corrected chi connectivity index (χ0v) is 20.8. The quantitative estimate of drug-likeness (QED) is 0.307. The van der Waals surface area contributed by atoms with Gasteiger partial charge in [-0.25, -0.2) is 4.79 Å². The van der Waals surface area contributed by atoms with Crippen LogP contribution in [0, 0.1) is 11.8 Å². The van der Waals surface area contributed by atoms with Gasteiger partial charge in [0.2, 0.25) is 0 Å². The molecule has 3 fully saturated rings. The summed E-state index contributed by atoms with van der Waals surface area (Å²) >= 11 is 6.90. The van der Waals surface area contributed by atoms with Crippen molar-refractivity contribution in [3.05, 3.63) is 40.5 Å². The van der Waals surface area contributed by atoms with E-state index in [-0.39, 0.29) is 23.3 Å². The Kier molecular flexibility index (Phi) is 6.16. The van der Waals surface area contributed by atoms with Crippen LogP contribution in [0.1, 0.15) is 41.8 Å². The number of carbonyl (C=O) groups excluding carboxylic acids is 2. The number of fused-ring (bicyclic) bond motifs is 2. The molecule has 1 saturated heterocycles. The van der Waals surface area contributed by atoms with Crippen molar-refractivity contribution in [1.29, 1.82) is 0 Å². The maximum Gasteiger partial charge on any atom is 0.341 e. The third-order valence-electron chi connectivity index (χ3n) is 6.92. The Morgan fingerprint density at radius 1 is 1.18 bits per heavy atom. The molecule has 2 bridgehead atoms. The van der Waals surface area contributed by atoms with Crippen molar-refractivity contribution >= 4 is 46.3 Å². The van der Waals surface area contributed by atoms with Gasteiger partial charge in [-0.2, -0.15) is 0 Å². The summed E-state index contributed by atoms with van der Waals surface area (Å²) in [6.45, 7) is 0. The number of nitrogens with zero attached hydrogens (tertiary/aromatic N) is 1. The number of hydrogen-bond donors (Lipinski definition) is 0. The zero-order chi connectivity index (χ0) is 24.0. The van der Waals surface area contributed by atoms with Crippen LogP contribution in [-0.2, 0) is 9.53 Å². The number of thioether (sulfide) groups is 1. The number of carbonyl (C=O) groups is 2. The number of amides is 1. The molecule has 1 aromatic heterocycles.